The maximum atomic E-state index is 12.5. The molecule has 4 nitrogen and oxygen atoms in total. The van der Waals surface area contributed by atoms with E-state index >= 15 is 0 Å². The number of carbonyl (C=O) groups is 1. The lowest BCUT2D eigenvalue weighted by molar-refractivity contribution is -0.129. The van der Waals surface area contributed by atoms with E-state index < -0.39 is 5.97 Å². The summed E-state index contributed by atoms with van der Waals surface area (Å²) in [7, 11) is 0. The zero-order chi connectivity index (χ0) is 25.1. The fraction of sp³-hybridized carbons (Fsp3) is 0.0667. The normalized spacial score (nSPS) is 14.0. The Bertz CT molecular complexity index is 1470. The third-order valence-electron chi connectivity index (χ3n) is 5.82. The molecule has 0 aliphatic carbocycles. The van der Waals surface area contributed by atoms with Gasteiger partial charge in [0.1, 0.15) is 12.4 Å². The number of aryl methyl sites for hydroxylation is 1. The molecule has 6 heteroatoms. The van der Waals surface area contributed by atoms with Gasteiger partial charge in [0.2, 0.25) is 5.90 Å². The Morgan fingerprint density at radius 1 is 0.833 bits per heavy atom. The molecule has 0 saturated carbocycles. The maximum Gasteiger partial charge on any atom is 0.363 e. The van der Waals surface area contributed by atoms with Gasteiger partial charge in [0.15, 0.2) is 5.70 Å². The van der Waals surface area contributed by atoms with Crippen LogP contribution in [0.25, 0.3) is 17.2 Å². The topological polar surface area (TPSA) is 47.9 Å². The smallest absolute Gasteiger partial charge is 0.363 e. The number of ether oxygens (including phenoxy) is 2. The minimum absolute atomic E-state index is 0.275. The first-order chi connectivity index (χ1) is 17.5. The van der Waals surface area contributed by atoms with Crippen molar-refractivity contribution >= 4 is 63.1 Å². The van der Waals surface area contributed by atoms with Crippen LogP contribution in [-0.4, -0.2) is 11.9 Å². The van der Waals surface area contributed by atoms with Gasteiger partial charge in [0.05, 0.1) is 7.14 Å². The zero-order valence-electron chi connectivity index (χ0n) is 19.4. The summed E-state index contributed by atoms with van der Waals surface area (Å²) in [6.45, 7) is 2.58. The van der Waals surface area contributed by atoms with Gasteiger partial charge in [-0.3, -0.25) is 0 Å². The Hall–Kier alpha value is -2.98. The molecule has 0 radical (unpaired) electrons. The molecule has 1 aliphatic heterocycles. The number of esters is 1. The summed E-state index contributed by atoms with van der Waals surface area (Å²) >= 11 is 4.53. The molecule has 178 valence electrons. The minimum atomic E-state index is -0.456. The summed E-state index contributed by atoms with van der Waals surface area (Å²) in [5, 5.41) is 0. The Kier molecular flexibility index (Phi) is 7.52. The van der Waals surface area contributed by atoms with Crippen LogP contribution in [0, 0.1) is 14.1 Å². The highest BCUT2D eigenvalue weighted by atomic mass is 127. The number of benzene rings is 4. The van der Waals surface area contributed by atoms with E-state index in [0.717, 1.165) is 40.7 Å². The van der Waals surface area contributed by atoms with Gasteiger partial charge in [0.25, 0.3) is 0 Å². The van der Waals surface area contributed by atoms with E-state index in [1.807, 2.05) is 66.7 Å². The lowest BCUT2D eigenvalue weighted by Crippen LogP contribution is -2.05. The number of rotatable bonds is 6. The lowest BCUT2D eigenvalue weighted by atomic mass is 10.0. The van der Waals surface area contributed by atoms with Crippen LogP contribution in [0.3, 0.4) is 0 Å². The molecule has 0 fully saturated rings. The van der Waals surface area contributed by atoms with Crippen molar-refractivity contribution < 1.29 is 14.3 Å². The van der Waals surface area contributed by atoms with E-state index in [4.69, 9.17) is 9.47 Å². The van der Waals surface area contributed by atoms with Crippen LogP contribution < -0.4 is 4.74 Å². The number of carbonyl (C=O) groups excluding carboxylic acids is 1. The molecule has 0 unspecified atom stereocenters. The molecule has 0 N–H and O–H groups in total. The van der Waals surface area contributed by atoms with Crippen molar-refractivity contribution in [2.75, 3.05) is 0 Å². The minimum Gasteiger partial charge on any atom is -0.487 e. The zero-order valence-corrected chi connectivity index (χ0v) is 23.7. The van der Waals surface area contributed by atoms with E-state index in [9.17, 15) is 4.79 Å². The monoisotopic (exact) mass is 697 g/mol. The second-order valence-electron chi connectivity index (χ2n) is 8.31. The van der Waals surface area contributed by atoms with Gasteiger partial charge in [-0.15, -0.1) is 0 Å². The predicted molar refractivity (Wildman–Crippen MR) is 160 cm³/mol. The molecule has 1 aliphatic rings. The first-order valence-corrected chi connectivity index (χ1v) is 13.5. The summed E-state index contributed by atoms with van der Waals surface area (Å²) in [5.74, 6) is 0.689. The highest BCUT2D eigenvalue weighted by Crippen LogP contribution is 2.31. The standard InChI is InChI=1S/C30H21I2NO3/c1-19-7-5-6-10-24(19)18-35-28-25(31)15-20(16-26(28)32)17-27-30(34)36-29(33-27)23-13-11-22(12-14-23)21-8-3-2-4-9-21/h2-17H,18H2,1H3/b27-17-. The summed E-state index contributed by atoms with van der Waals surface area (Å²) in [5.41, 5.74) is 6.48. The van der Waals surface area contributed by atoms with Crippen molar-refractivity contribution in [3.8, 4) is 16.9 Å². The molecule has 0 aromatic heterocycles. The number of hydrogen-bond acceptors (Lipinski definition) is 4. The molecular weight excluding hydrogens is 676 g/mol. The van der Waals surface area contributed by atoms with Crippen molar-refractivity contribution in [3.05, 3.63) is 126 Å². The summed E-state index contributed by atoms with van der Waals surface area (Å²) in [4.78, 5) is 17.0. The van der Waals surface area contributed by atoms with E-state index in [-0.39, 0.29) is 5.70 Å². The number of aliphatic imine (C=N–C) groups is 1. The second kappa shape index (κ2) is 11.0. The molecule has 36 heavy (non-hydrogen) atoms. The lowest BCUT2D eigenvalue weighted by Gasteiger charge is -2.13. The average molecular weight is 697 g/mol. The number of halogens is 2. The fourth-order valence-electron chi connectivity index (χ4n) is 3.85. The number of cyclic esters (lactones) is 1. The first-order valence-electron chi connectivity index (χ1n) is 11.3. The molecule has 4 aromatic carbocycles. The van der Waals surface area contributed by atoms with Crippen LogP contribution in [-0.2, 0) is 16.1 Å². The van der Waals surface area contributed by atoms with Gasteiger partial charge in [0, 0.05) is 5.56 Å². The van der Waals surface area contributed by atoms with Crippen molar-refractivity contribution in [1.29, 1.82) is 0 Å². The first kappa shape index (κ1) is 24.7. The summed E-state index contributed by atoms with van der Waals surface area (Å²) in [6, 6.07) is 30.1. The van der Waals surface area contributed by atoms with E-state index in [0.29, 0.717) is 12.5 Å². The number of nitrogens with zero attached hydrogens (tertiary/aromatic N) is 1. The third kappa shape index (κ3) is 5.54. The van der Waals surface area contributed by atoms with Crippen LogP contribution in [0.15, 0.2) is 102 Å². The average Bonchev–Trinajstić information content (AvgIpc) is 3.25. The van der Waals surface area contributed by atoms with Crippen LogP contribution in [0.5, 0.6) is 5.75 Å². The van der Waals surface area contributed by atoms with Gasteiger partial charge in [-0.1, -0.05) is 66.7 Å². The molecule has 4 aromatic rings. The largest absolute Gasteiger partial charge is 0.487 e. The second-order valence-corrected chi connectivity index (χ2v) is 10.6. The van der Waals surface area contributed by atoms with Gasteiger partial charge in [-0.25, -0.2) is 9.79 Å². The van der Waals surface area contributed by atoms with Gasteiger partial charge < -0.3 is 9.47 Å². The molecular formula is C30H21I2NO3. The van der Waals surface area contributed by atoms with Crippen LogP contribution in [0.1, 0.15) is 22.3 Å². The number of hydrogen-bond donors (Lipinski definition) is 0. The highest BCUT2D eigenvalue weighted by Gasteiger charge is 2.24. The molecule has 0 amide bonds. The molecule has 1 heterocycles. The molecule has 0 atom stereocenters. The van der Waals surface area contributed by atoms with E-state index in [1.54, 1.807) is 6.08 Å². The summed E-state index contributed by atoms with van der Waals surface area (Å²) in [6.07, 6.45) is 1.75. The highest BCUT2D eigenvalue weighted by molar-refractivity contribution is 14.1. The molecule has 0 bridgehead atoms. The predicted octanol–water partition coefficient (Wildman–Crippen LogP) is 7.79. The quantitative estimate of drug-likeness (QED) is 0.118. The Morgan fingerprint density at radius 3 is 2.14 bits per heavy atom. The van der Waals surface area contributed by atoms with Crippen molar-refractivity contribution in [3.63, 3.8) is 0 Å². The van der Waals surface area contributed by atoms with Gasteiger partial charge in [-0.2, -0.15) is 0 Å². The Balaban J connectivity index is 1.34. The van der Waals surface area contributed by atoms with Crippen molar-refractivity contribution in [2.45, 2.75) is 13.5 Å². The Labute approximate surface area is 237 Å². The Morgan fingerprint density at radius 2 is 1.44 bits per heavy atom. The van der Waals surface area contributed by atoms with E-state index in [1.165, 1.54) is 5.56 Å². The molecule has 0 saturated heterocycles. The van der Waals surface area contributed by atoms with Crippen molar-refractivity contribution in [1.82, 2.24) is 0 Å². The SMILES string of the molecule is Cc1ccccc1COc1c(I)cc(/C=C2\N=C(c3ccc(-c4ccccc4)cc3)OC2=O)cc1I. The van der Waals surface area contributed by atoms with Crippen LogP contribution >= 0.6 is 45.2 Å². The summed E-state index contributed by atoms with van der Waals surface area (Å²) < 4.78 is 13.5. The van der Waals surface area contributed by atoms with Crippen molar-refractivity contribution in [2.24, 2.45) is 4.99 Å². The third-order valence-corrected chi connectivity index (χ3v) is 7.42. The van der Waals surface area contributed by atoms with E-state index in [2.05, 4.69) is 81.4 Å². The van der Waals surface area contributed by atoms with Crippen LogP contribution in [0.2, 0.25) is 0 Å². The van der Waals surface area contributed by atoms with Crippen LogP contribution in [0.4, 0.5) is 0 Å². The maximum absolute atomic E-state index is 12.5. The van der Waals surface area contributed by atoms with Gasteiger partial charge >= 0.3 is 5.97 Å². The fourth-order valence-corrected chi connectivity index (χ4v) is 5.98. The molecule has 5 rings (SSSR count). The van der Waals surface area contributed by atoms with Gasteiger partial charge in [-0.05, 0) is 110 Å². The molecule has 0 spiro atoms.